The van der Waals surface area contributed by atoms with Crippen LogP contribution in [0, 0.1) is 0 Å². The van der Waals surface area contributed by atoms with E-state index in [1.807, 2.05) is 69.3 Å². The van der Waals surface area contributed by atoms with E-state index in [9.17, 15) is 9.59 Å². The molecule has 1 heterocycles. The summed E-state index contributed by atoms with van der Waals surface area (Å²) in [5, 5.41) is 0.570. The summed E-state index contributed by atoms with van der Waals surface area (Å²) in [5.74, 6) is 0.658. The molecule has 0 spiro atoms. The van der Waals surface area contributed by atoms with Gasteiger partial charge in [-0.25, -0.2) is 4.98 Å². The average Bonchev–Trinajstić information content (AvgIpc) is 2.69. The number of rotatable bonds is 6. The van der Waals surface area contributed by atoms with E-state index in [1.54, 1.807) is 15.5 Å². The molecule has 5 heteroatoms. The standard InChI is InChI=1S/C22H25N3O2/c1-4-11-20(26)24(5-2)16(3)21-23-19-15-10-9-14-18(19)22(27)25(21)17-12-7-6-8-13-17/h6-10,12-16H,4-5,11H2,1-3H3. The van der Waals surface area contributed by atoms with Crippen LogP contribution in [-0.2, 0) is 4.79 Å². The lowest BCUT2D eigenvalue weighted by Crippen LogP contribution is -2.37. The molecule has 1 atom stereocenters. The third-order valence-corrected chi connectivity index (χ3v) is 4.78. The van der Waals surface area contributed by atoms with Crippen LogP contribution in [0.4, 0.5) is 0 Å². The lowest BCUT2D eigenvalue weighted by molar-refractivity contribution is -0.133. The van der Waals surface area contributed by atoms with Gasteiger partial charge >= 0.3 is 0 Å². The molecule has 1 amide bonds. The van der Waals surface area contributed by atoms with Crippen molar-refractivity contribution in [3.05, 3.63) is 70.8 Å². The van der Waals surface area contributed by atoms with Crippen LogP contribution in [0.1, 0.15) is 45.5 Å². The molecule has 0 aliphatic heterocycles. The Kier molecular flexibility index (Phi) is 5.69. The molecule has 0 saturated carbocycles. The fraction of sp³-hybridized carbons (Fsp3) is 0.318. The van der Waals surface area contributed by atoms with Gasteiger partial charge in [-0.3, -0.25) is 14.2 Å². The number of aromatic nitrogens is 2. The number of fused-ring (bicyclic) bond motifs is 1. The molecule has 1 aromatic heterocycles. The van der Waals surface area contributed by atoms with Crippen molar-refractivity contribution in [2.75, 3.05) is 6.54 Å². The Balaban J connectivity index is 2.24. The molecule has 0 radical (unpaired) electrons. The number of nitrogens with zero attached hydrogens (tertiary/aromatic N) is 3. The summed E-state index contributed by atoms with van der Waals surface area (Å²) in [6, 6.07) is 16.5. The van der Waals surface area contributed by atoms with Gasteiger partial charge in [-0.05, 0) is 44.5 Å². The summed E-state index contributed by atoms with van der Waals surface area (Å²) < 4.78 is 1.63. The predicted molar refractivity (Wildman–Crippen MR) is 108 cm³/mol. The SMILES string of the molecule is CCCC(=O)N(CC)C(C)c1nc2ccccc2c(=O)n1-c1ccccc1. The molecule has 27 heavy (non-hydrogen) atoms. The van der Waals surface area contributed by atoms with Gasteiger partial charge in [0.2, 0.25) is 5.91 Å². The van der Waals surface area contributed by atoms with Crippen molar-refractivity contribution in [2.45, 2.75) is 39.7 Å². The summed E-state index contributed by atoms with van der Waals surface area (Å²) in [6.07, 6.45) is 1.28. The van der Waals surface area contributed by atoms with Gasteiger partial charge in [-0.15, -0.1) is 0 Å². The number of carbonyl (C=O) groups excluding carboxylic acids is 1. The third-order valence-electron chi connectivity index (χ3n) is 4.78. The first-order valence-corrected chi connectivity index (χ1v) is 9.45. The first-order valence-electron chi connectivity index (χ1n) is 9.45. The Morgan fingerprint density at radius 1 is 1.07 bits per heavy atom. The van der Waals surface area contributed by atoms with Gasteiger partial charge < -0.3 is 4.90 Å². The maximum atomic E-state index is 13.3. The predicted octanol–water partition coefficient (Wildman–Crippen LogP) is 4.10. The van der Waals surface area contributed by atoms with Crippen molar-refractivity contribution in [1.82, 2.24) is 14.5 Å². The van der Waals surface area contributed by atoms with E-state index in [0.29, 0.717) is 29.7 Å². The number of carbonyl (C=O) groups is 1. The zero-order valence-corrected chi connectivity index (χ0v) is 16.1. The first kappa shape index (κ1) is 18.8. The molecule has 140 valence electrons. The van der Waals surface area contributed by atoms with Crippen molar-refractivity contribution in [1.29, 1.82) is 0 Å². The molecular formula is C22H25N3O2. The maximum absolute atomic E-state index is 13.3. The van der Waals surface area contributed by atoms with Crippen LogP contribution in [0.25, 0.3) is 16.6 Å². The molecule has 5 nitrogen and oxygen atoms in total. The van der Waals surface area contributed by atoms with E-state index in [1.165, 1.54) is 0 Å². The van der Waals surface area contributed by atoms with Crippen LogP contribution in [0.15, 0.2) is 59.4 Å². The summed E-state index contributed by atoms with van der Waals surface area (Å²) in [6.45, 7) is 6.45. The highest BCUT2D eigenvalue weighted by molar-refractivity contribution is 5.79. The fourth-order valence-electron chi connectivity index (χ4n) is 3.42. The van der Waals surface area contributed by atoms with E-state index in [2.05, 4.69) is 0 Å². The normalized spacial score (nSPS) is 12.1. The molecule has 0 N–H and O–H groups in total. The summed E-state index contributed by atoms with van der Waals surface area (Å²) in [4.78, 5) is 32.5. The summed E-state index contributed by atoms with van der Waals surface area (Å²) in [7, 11) is 0. The lowest BCUT2D eigenvalue weighted by Gasteiger charge is -2.29. The molecule has 0 saturated heterocycles. The number of hydrogen-bond acceptors (Lipinski definition) is 3. The average molecular weight is 363 g/mol. The molecule has 3 rings (SSSR count). The van der Waals surface area contributed by atoms with Crippen LogP contribution in [0.5, 0.6) is 0 Å². The zero-order valence-electron chi connectivity index (χ0n) is 16.1. The molecule has 1 unspecified atom stereocenters. The Labute approximate surface area is 159 Å². The van der Waals surface area contributed by atoms with Crippen LogP contribution in [0.3, 0.4) is 0 Å². The molecule has 0 fully saturated rings. The van der Waals surface area contributed by atoms with Gasteiger partial charge in [0.25, 0.3) is 5.56 Å². The van der Waals surface area contributed by atoms with E-state index in [4.69, 9.17) is 4.98 Å². The highest BCUT2D eigenvalue weighted by Crippen LogP contribution is 2.23. The minimum absolute atomic E-state index is 0.0783. The highest BCUT2D eigenvalue weighted by Gasteiger charge is 2.25. The van der Waals surface area contributed by atoms with Gasteiger partial charge in [0, 0.05) is 13.0 Å². The lowest BCUT2D eigenvalue weighted by atomic mass is 10.1. The third kappa shape index (κ3) is 3.63. The summed E-state index contributed by atoms with van der Waals surface area (Å²) in [5.41, 5.74) is 1.28. The van der Waals surface area contributed by atoms with Gasteiger partial charge in [0.1, 0.15) is 5.82 Å². The van der Waals surface area contributed by atoms with Crippen LogP contribution in [-0.4, -0.2) is 26.9 Å². The van der Waals surface area contributed by atoms with Crippen molar-refractivity contribution in [3.8, 4) is 5.69 Å². The quantitative estimate of drug-likeness (QED) is 0.663. The van der Waals surface area contributed by atoms with Gasteiger partial charge in [0.15, 0.2) is 0 Å². The molecule has 0 bridgehead atoms. The second-order valence-electron chi connectivity index (χ2n) is 6.57. The largest absolute Gasteiger partial charge is 0.333 e. The van der Waals surface area contributed by atoms with Crippen molar-refractivity contribution in [3.63, 3.8) is 0 Å². The second kappa shape index (κ2) is 8.16. The topological polar surface area (TPSA) is 55.2 Å². The highest BCUT2D eigenvalue weighted by atomic mass is 16.2. The van der Waals surface area contributed by atoms with Gasteiger partial charge in [-0.2, -0.15) is 0 Å². The monoisotopic (exact) mass is 363 g/mol. The zero-order chi connectivity index (χ0) is 19.4. The van der Waals surface area contributed by atoms with Crippen LogP contribution in [0.2, 0.25) is 0 Å². The van der Waals surface area contributed by atoms with E-state index in [0.717, 1.165) is 12.1 Å². The van der Waals surface area contributed by atoms with E-state index >= 15 is 0 Å². The second-order valence-corrected chi connectivity index (χ2v) is 6.57. The van der Waals surface area contributed by atoms with Crippen LogP contribution < -0.4 is 5.56 Å². The molecule has 2 aromatic carbocycles. The molecule has 3 aromatic rings. The number of hydrogen-bond donors (Lipinski definition) is 0. The minimum Gasteiger partial charge on any atom is -0.333 e. The smallest absolute Gasteiger partial charge is 0.266 e. The Bertz CT molecular complexity index is 995. The molecular weight excluding hydrogens is 338 g/mol. The number of amides is 1. The molecule has 0 aliphatic rings. The number of benzene rings is 2. The Morgan fingerprint density at radius 2 is 1.74 bits per heavy atom. The van der Waals surface area contributed by atoms with E-state index < -0.39 is 0 Å². The first-order chi connectivity index (χ1) is 13.1. The van der Waals surface area contributed by atoms with Crippen molar-refractivity contribution >= 4 is 16.8 Å². The molecule has 0 aliphatic carbocycles. The number of para-hydroxylation sites is 2. The maximum Gasteiger partial charge on any atom is 0.266 e. The van der Waals surface area contributed by atoms with Crippen molar-refractivity contribution < 1.29 is 4.79 Å². The Hall–Kier alpha value is -2.95. The summed E-state index contributed by atoms with van der Waals surface area (Å²) >= 11 is 0. The van der Waals surface area contributed by atoms with Gasteiger partial charge in [-0.1, -0.05) is 37.3 Å². The van der Waals surface area contributed by atoms with Gasteiger partial charge in [0.05, 0.1) is 22.6 Å². The van der Waals surface area contributed by atoms with Crippen molar-refractivity contribution in [2.24, 2.45) is 0 Å². The Morgan fingerprint density at radius 3 is 2.41 bits per heavy atom. The van der Waals surface area contributed by atoms with Crippen LogP contribution >= 0.6 is 0 Å². The fourth-order valence-corrected chi connectivity index (χ4v) is 3.42. The van der Waals surface area contributed by atoms with E-state index in [-0.39, 0.29) is 17.5 Å². The minimum atomic E-state index is -0.313.